The quantitative estimate of drug-likeness (QED) is 0.625. The highest BCUT2D eigenvalue weighted by Crippen LogP contribution is 2.24. The van der Waals surface area contributed by atoms with Crippen LogP contribution in [0.25, 0.3) is 6.08 Å². The molecular weight excluding hydrogens is 368 g/mol. The number of nitrogens with one attached hydrogen (secondary N) is 2. The van der Waals surface area contributed by atoms with E-state index in [-0.39, 0.29) is 11.6 Å². The number of hydrogen-bond donors (Lipinski definition) is 2. The summed E-state index contributed by atoms with van der Waals surface area (Å²) in [6, 6.07) is 12.6. The van der Waals surface area contributed by atoms with Crippen LogP contribution in [0, 0.1) is 0 Å². The highest BCUT2D eigenvalue weighted by molar-refractivity contribution is 7.10. The van der Waals surface area contributed by atoms with Crippen molar-refractivity contribution >= 4 is 46.3 Å². The van der Waals surface area contributed by atoms with Gasteiger partial charge in [-0.1, -0.05) is 18.2 Å². The smallest absolute Gasteiger partial charge is 0.272 e. The first-order valence-corrected chi connectivity index (χ1v) is 9.53. The van der Waals surface area contributed by atoms with E-state index >= 15 is 0 Å². The molecule has 2 amide bonds. The number of carbonyl (C=O) groups is 2. The van der Waals surface area contributed by atoms with E-state index in [1.165, 1.54) is 29.8 Å². The molecule has 0 aliphatic rings. The van der Waals surface area contributed by atoms with Crippen LogP contribution in [0.3, 0.4) is 0 Å². The molecule has 5 nitrogen and oxygen atoms in total. The molecule has 0 unspecified atom stereocenters. The van der Waals surface area contributed by atoms with Crippen molar-refractivity contribution in [3.8, 4) is 5.75 Å². The molecule has 0 fully saturated rings. The summed E-state index contributed by atoms with van der Waals surface area (Å²) in [6.45, 7) is 0. The summed E-state index contributed by atoms with van der Waals surface area (Å²) in [6.07, 6.45) is 1.65. The predicted octanol–water partition coefficient (Wildman–Crippen LogP) is 4.23. The van der Waals surface area contributed by atoms with Crippen molar-refractivity contribution in [2.45, 2.75) is 0 Å². The number of methoxy groups -OCH3 is 1. The topological polar surface area (TPSA) is 67.4 Å². The highest BCUT2D eigenvalue weighted by atomic mass is 32.1. The summed E-state index contributed by atoms with van der Waals surface area (Å²) in [5.41, 5.74) is 1.20. The summed E-state index contributed by atoms with van der Waals surface area (Å²) in [5.74, 6) is -0.212. The van der Waals surface area contributed by atoms with E-state index in [2.05, 4.69) is 10.6 Å². The molecule has 2 N–H and O–H groups in total. The number of thiophene rings is 2. The van der Waals surface area contributed by atoms with Gasteiger partial charge in [-0.3, -0.25) is 9.59 Å². The van der Waals surface area contributed by atoms with Gasteiger partial charge in [0.15, 0.2) is 0 Å². The minimum absolute atomic E-state index is 0.162. The number of rotatable bonds is 6. The molecule has 2 heterocycles. The van der Waals surface area contributed by atoms with Crippen LogP contribution in [-0.2, 0) is 4.79 Å². The lowest BCUT2D eigenvalue weighted by Crippen LogP contribution is -2.30. The van der Waals surface area contributed by atoms with Crippen molar-refractivity contribution in [1.29, 1.82) is 0 Å². The normalized spacial score (nSPS) is 11.0. The van der Waals surface area contributed by atoms with Crippen LogP contribution in [-0.4, -0.2) is 18.9 Å². The number of amides is 2. The lowest BCUT2D eigenvalue weighted by molar-refractivity contribution is -0.113. The molecule has 3 rings (SSSR count). The standard InChI is InChI=1S/C19H16N2O3S2/c1-24-17-7-3-2-6-15(17)20-19(23)16(11-14-5-4-9-26-14)21-18(22)13-8-10-25-12-13/h2-12H,1H3,(H,20,23)(H,21,22)/b16-11-. The summed E-state index contributed by atoms with van der Waals surface area (Å²) >= 11 is 2.90. The maximum absolute atomic E-state index is 12.8. The van der Waals surface area contributed by atoms with Gasteiger partial charge in [0, 0.05) is 10.3 Å². The van der Waals surface area contributed by atoms with Crippen LogP contribution in [0.2, 0.25) is 0 Å². The molecule has 2 aromatic heterocycles. The molecule has 0 saturated carbocycles. The first-order valence-electron chi connectivity index (χ1n) is 7.70. The molecule has 0 spiro atoms. The third-order valence-electron chi connectivity index (χ3n) is 3.46. The summed E-state index contributed by atoms with van der Waals surface area (Å²) < 4.78 is 5.25. The number of benzene rings is 1. The number of hydrogen-bond acceptors (Lipinski definition) is 5. The highest BCUT2D eigenvalue weighted by Gasteiger charge is 2.16. The van der Waals surface area contributed by atoms with Crippen molar-refractivity contribution in [2.24, 2.45) is 0 Å². The van der Waals surface area contributed by atoms with E-state index < -0.39 is 5.91 Å². The van der Waals surface area contributed by atoms with Gasteiger partial charge in [-0.05, 0) is 41.1 Å². The minimum atomic E-state index is -0.425. The van der Waals surface area contributed by atoms with E-state index in [4.69, 9.17) is 4.74 Å². The fourth-order valence-corrected chi connectivity index (χ4v) is 3.49. The van der Waals surface area contributed by atoms with E-state index in [1.54, 1.807) is 35.7 Å². The number of carbonyl (C=O) groups excluding carboxylic acids is 2. The van der Waals surface area contributed by atoms with Gasteiger partial charge in [-0.25, -0.2) is 0 Å². The predicted molar refractivity (Wildman–Crippen MR) is 106 cm³/mol. The molecule has 132 valence electrons. The fourth-order valence-electron chi connectivity index (χ4n) is 2.20. The molecule has 3 aromatic rings. The SMILES string of the molecule is COc1ccccc1NC(=O)/C(=C/c1cccs1)NC(=O)c1ccsc1. The van der Waals surface area contributed by atoms with Crippen LogP contribution in [0.15, 0.2) is 64.3 Å². The molecule has 7 heteroatoms. The van der Waals surface area contributed by atoms with E-state index in [1.807, 2.05) is 29.0 Å². The summed E-state index contributed by atoms with van der Waals surface area (Å²) in [7, 11) is 1.53. The van der Waals surface area contributed by atoms with Crippen LogP contribution in [0.5, 0.6) is 5.75 Å². The Kier molecular flexibility index (Phi) is 5.83. The summed E-state index contributed by atoms with van der Waals surface area (Å²) in [4.78, 5) is 26.0. The zero-order valence-corrected chi connectivity index (χ0v) is 15.5. The molecule has 26 heavy (non-hydrogen) atoms. The molecule has 0 atom stereocenters. The Morgan fingerprint density at radius 1 is 1.08 bits per heavy atom. The van der Waals surface area contributed by atoms with Gasteiger partial charge in [0.2, 0.25) is 0 Å². The van der Waals surface area contributed by atoms with Crippen molar-refractivity contribution in [1.82, 2.24) is 5.32 Å². The lowest BCUT2D eigenvalue weighted by atomic mass is 10.2. The van der Waals surface area contributed by atoms with Gasteiger partial charge < -0.3 is 15.4 Å². The molecule has 0 radical (unpaired) electrons. The Morgan fingerprint density at radius 2 is 1.92 bits per heavy atom. The second-order valence-electron chi connectivity index (χ2n) is 5.19. The minimum Gasteiger partial charge on any atom is -0.495 e. The Morgan fingerprint density at radius 3 is 2.62 bits per heavy atom. The van der Waals surface area contributed by atoms with Crippen LogP contribution in [0.4, 0.5) is 5.69 Å². The number of ether oxygens (including phenoxy) is 1. The monoisotopic (exact) mass is 384 g/mol. The zero-order chi connectivity index (χ0) is 18.4. The average Bonchev–Trinajstić information content (AvgIpc) is 3.35. The molecule has 1 aromatic carbocycles. The molecular formula is C19H16N2O3S2. The fraction of sp³-hybridized carbons (Fsp3) is 0.0526. The second kappa shape index (κ2) is 8.46. The van der Waals surface area contributed by atoms with Crippen molar-refractivity contribution in [3.63, 3.8) is 0 Å². The molecule has 0 saturated heterocycles. The second-order valence-corrected chi connectivity index (χ2v) is 6.95. The van der Waals surface area contributed by atoms with Gasteiger partial charge in [0.05, 0.1) is 18.4 Å². The van der Waals surface area contributed by atoms with Crippen molar-refractivity contribution in [3.05, 3.63) is 74.7 Å². The van der Waals surface area contributed by atoms with Crippen LogP contribution >= 0.6 is 22.7 Å². The summed E-state index contributed by atoms with van der Waals surface area (Å²) in [5, 5.41) is 10.9. The maximum Gasteiger partial charge on any atom is 0.272 e. The lowest BCUT2D eigenvalue weighted by Gasteiger charge is -2.12. The Balaban J connectivity index is 1.85. The van der Waals surface area contributed by atoms with E-state index in [0.29, 0.717) is 17.0 Å². The van der Waals surface area contributed by atoms with E-state index in [9.17, 15) is 9.59 Å². The first kappa shape index (κ1) is 17.9. The zero-order valence-electron chi connectivity index (χ0n) is 13.9. The third-order valence-corrected chi connectivity index (χ3v) is 4.96. The van der Waals surface area contributed by atoms with Gasteiger partial charge in [0.25, 0.3) is 11.8 Å². The molecule has 0 bridgehead atoms. The van der Waals surface area contributed by atoms with Crippen LogP contribution < -0.4 is 15.4 Å². The van der Waals surface area contributed by atoms with Crippen LogP contribution in [0.1, 0.15) is 15.2 Å². The number of para-hydroxylation sites is 2. The average molecular weight is 384 g/mol. The van der Waals surface area contributed by atoms with Gasteiger partial charge in [0.1, 0.15) is 11.4 Å². The van der Waals surface area contributed by atoms with Gasteiger partial charge in [-0.15, -0.1) is 11.3 Å². The van der Waals surface area contributed by atoms with Crippen molar-refractivity contribution < 1.29 is 14.3 Å². The number of anilines is 1. The Labute approximate surface area is 158 Å². The Bertz CT molecular complexity index is 916. The third kappa shape index (κ3) is 4.38. The molecule has 0 aliphatic carbocycles. The van der Waals surface area contributed by atoms with E-state index in [0.717, 1.165) is 4.88 Å². The Hall–Kier alpha value is -2.90. The maximum atomic E-state index is 12.8. The largest absolute Gasteiger partial charge is 0.495 e. The van der Waals surface area contributed by atoms with Gasteiger partial charge >= 0.3 is 0 Å². The molecule has 0 aliphatic heterocycles. The van der Waals surface area contributed by atoms with Crippen molar-refractivity contribution in [2.75, 3.05) is 12.4 Å². The van der Waals surface area contributed by atoms with Gasteiger partial charge in [-0.2, -0.15) is 11.3 Å². The first-order chi connectivity index (χ1) is 12.7.